The molecule has 6 nitrogen and oxygen atoms in total. The van der Waals surface area contributed by atoms with Crippen LogP contribution in [0.3, 0.4) is 0 Å². The molecule has 0 bridgehead atoms. The van der Waals surface area contributed by atoms with Crippen molar-refractivity contribution in [1.82, 2.24) is 5.16 Å². The number of para-hydroxylation sites is 1. The van der Waals surface area contributed by atoms with Gasteiger partial charge in [-0.05, 0) is 25.0 Å². The first kappa shape index (κ1) is 14.8. The number of rotatable bonds is 4. The van der Waals surface area contributed by atoms with E-state index in [0.29, 0.717) is 12.2 Å². The highest BCUT2D eigenvalue weighted by molar-refractivity contribution is 7.91. The molecular weight excluding hydrogens is 304 g/mol. The number of sulfone groups is 1. The van der Waals surface area contributed by atoms with E-state index in [1.165, 1.54) is 0 Å². The van der Waals surface area contributed by atoms with Gasteiger partial charge in [0.15, 0.2) is 15.6 Å². The number of aryl methyl sites for hydroxylation is 1. The van der Waals surface area contributed by atoms with Gasteiger partial charge in [0, 0.05) is 18.3 Å². The van der Waals surface area contributed by atoms with Gasteiger partial charge in [-0.2, -0.15) is 0 Å². The number of aromatic nitrogens is 1. The molecule has 1 aliphatic heterocycles. The fourth-order valence-electron chi connectivity index (χ4n) is 2.62. The van der Waals surface area contributed by atoms with Crippen molar-refractivity contribution in [2.24, 2.45) is 0 Å². The molecule has 7 heteroatoms. The van der Waals surface area contributed by atoms with Crippen LogP contribution in [-0.4, -0.2) is 31.8 Å². The highest BCUT2D eigenvalue weighted by Crippen LogP contribution is 2.27. The first-order valence-electron chi connectivity index (χ1n) is 6.95. The lowest BCUT2D eigenvalue weighted by Gasteiger charge is -2.17. The third-order valence-electron chi connectivity index (χ3n) is 3.57. The molecule has 1 aromatic heterocycles. The number of carbonyl (C=O) groups excluding carboxylic acids is 1. The Bertz CT molecular complexity index is 810. The normalized spacial score (nSPS) is 14.1. The second-order valence-electron chi connectivity index (χ2n) is 5.39. The van der Waals surface area contributed by atoms with E-state index in [0.717, 1.165) is 17.7 Å². The quantitative estimate of drug-likeness (QED) is 0.852. The summed E-state index contributed by atoms with van der Waals surface area (Å²) in [6.07, 6.45) is 0.753. The largest absolute Gasteiger partial charge is 0.360 e. The summed E-state index contributed by atoms with van der Waals surface area (Å²) in [5.74, 6) is -0.982. The van der Waals surface area contributed by atoms with Crippen molar-refractivity contribution in [3.63, 3.8) is 0 Å². The van der Waals surface area contributed by atoms with E-state index in [1.54, 1.807) is 17.9 Å². The van der Waals surface area contributed by atoms with Crippen LogP contribution < -0.4 is 4.90 Å². The highest BCUT2D eigenvalue weighted by Gasteiger charge is 2.28. The predicted molar refractivity (Wildman–Crippen MR) is 81.2 cm³/mol. The molecular formula is C15H16N2O4S. The lowest BCUT2D eigenvalue weighted by Crippen LogP contribution is -2.34. The summed E-state index contributed by atoms with van der Waals surface area (Å²) >= 11 is 0. The molecule has 0 atom stereocenters. The Hall–Kier alpha value is -2.15. The Morgan fingerprint density at radius 1 is 1.36 bits per heavy atom. The Morgan fingerprint density at radius 3 is 2.86 bits per heavy atom. The Labute approximate surface area is 128 Å². The number of fused-ring (bicyclic) bond motifs is 1. The molecule has 0 N–H and O–H groups in total. The maximum Gasteiger partial charge on any atom is 0.242 e. The molecule has 0 fully saturated rings. The van der Waals surface area contributed by atoms with Crippen LogP contribution in [-0.2, 0) is 26.8 Å². The summed E-state index contributed by atoms with van der Waals surface area (Å²) in [6, 6.07) is 9.11. The molecule has 0 unspecified atom stereocenters. The lowest BCUT2D eigenvalue weighted by molar-refractivity contribution is -0.116. The fraction of sp³-hybridized carbons (Fsp3) is 0.333. The van der Waals surface area contributed by atoms with Gasteiger partial charge in [-0.1, -0.05) is 23.4 Å². The van der Waals surface area contributed by atoms with Gasteiger partial charge in [-0.25, -0.2) is 8.42 Å². The number of anilines is 1. The lowest BCUT2D eigenvalue weighted by atomic mass is 10.2. The summed E-state index contributed by atoms with van der Waals surface area (Å²) in [5.41, 5.74) is 2.49. The molecule has 2 heterocycles. The van der Waals surface area contributed by atoms with Crippen LogP contribution in [0.1, 0.15) is 17.0 Å². The van der Waals surface area contributed by atoms with Crippen LogP contribution in [0.2, 0.25) is 0 Å². The second-order valence-corrected chi connectivity index (χ2v) is 7.46. The minimum Gasteiger partial charge on any atom is -0.360 e. The Morgan fingerprint density at radius 2 is 2.14 bits per heavy atom. The van der Waals surface area contributed by atoms with Gasteiger partial charge in [-0.15, -0.1) is 0 Å². The van der Waals surface area contributed by atoms with Crippen LogP contribution >= 0.6 is 0 Å². The topological polar surface area (TPSA) is 80.5 Å². The molecule has 2 aromatic rings. The van der Waals surface area contributed by atoms with E-state index in [2.05, 4.69) is 5.16 Å². The predicted octanol–water partition coefficient (Wildman–Crippen LogP) is 1.49. The van der Waals surface area contributed by atoms with E-state index < -0.39 is 21.5 Å². The molecule has 0 spiro atoms. The minimum atomic E-state index is -3.59. The van der Waals surface area contributed by atoms with Crippen molar-refractivity contribution in [2.75, 3.05) is 17.2 Å². The Kier molecular flexibility index (Phi) is 3.74. The molecule has 116 valence electrons. The van der Waals surface area contributed by atoms with Gasteiger partial charge in [0.2, 0.25) is 5.91 Å². The van der Waals surface area contributed by atoms with Crippen LogP contribution in [0, 0.1) is 6.92 Å². The molecule has 0 saturated carbocycles. The zero-order valence-corrected chi connectivity index (χ0v) is 13.0. The standard InChI is InChI=1S/C15H16N2O4S/c1-11-8-13(21-16-11)9-22(19,20)10-15(18)17-7-6-12-4-2-3-5-14(12)17/h2-5,8H,6-7,9-10H2,1H3. The van der Waals surface area contributed by atoms with Gasteiger partial charge in [0.25, 0.3) is 0 Å². The molecule has 1 amide bonds. The summed E-state index contributed by atoms with van der Waals surface area (Å²) in [6.45, 7) is 2.24. The third kappa shape index (κ3) is 3.04. The number of benzene rings is 1. The maximum absolute atomic E-state index is 12.3. The molecule has 0 aliphatic carbocycles. The van der Waals surface area contributed by atoms with Crippen LogP contribution in [0.25, 0.3) is 0 Å². The number of nitrogens with zero attached hydrogens (tertiary/aromatic N) is 2. The SMILES string of the molecule is Cc1cc(CS(=O)(=O)CC(=O)N2CCc3ccccc32)on1. The number of amides is 1. The molecule has 0 radical (unpaired) electrons. The van der Waals surface area contributed by atoms with E-state index in [-0.39, 0.29) is 11.5 Å². The van der Waals surface area contributed by atoms with Crippen molar-refractivity contribution >= 4 is 21.4 Å². The van der Waals surface area contributed by atoms with Crippen molar-refractivity contribution < 1.29 is 17.7 Å². The summed E-state index contributed by atoms with van der Waals surface area (Å²) < 4.78 is 29.2. The van der Waals surface area contributed by atoms with Gasteiger partial charge in [0.1, 0.15) is 11.5 Å². The van der Waals surface area contributed by atoms with Gasteiger partial charge in [-0.3, -0.25) is 4.79 Å². The van der Waals surface area contributed by atoms with Gasteiger partial charge >= 0.3 is 0 Å². The fourth-order valence-corrected chi connectivity index (χ4v) is 3.82. The van der Waals surface area contributed by atoms with Crippen molar-refractivity contribution in [1.29, 1.82) is 0 Å². The smallest absolute Gasteiger partial charge is 0.242 e. The van der Waals surface area contributed by atoms with Crippen molar-refractivity contribution in [3.8, 4) is 0 Å². The molecule has 3 rings (SSSR count). The molecule has 1 aliphatic rings. The summed E-state index contributed by atoms with van der Waals surface area (Å²) in [4.78, 5) is 13.9. The molecule has 22 heavy (non-hydrogen) atoms. The van der Waals surface area contributed by atoms with Crippen LogP contribution in [0.15, 0.2) is 34.9 Å². The monoisotopic (exact) mass is 320 g/mol. The molecule has 1 aromatic carbocycles. The van der Waals surface area contributed by atoms with Crippen molar-refractivity contribution in [2.45, 2.75) is 19.1 Å². The van der Waals surface area contributed by atoms with Gasteiger partial charge < -0.3 is 9.42 Å². The van der Waals surface area contributed by atoms with E-state index >= 15 is 0 Å². The average molecular weight is 320 g/mol. The third-order valence-corrected chi connectivity index (χ3v) is 4.98. The first-order chi connectivity index (χ1) is 10.4. The van der Waals surface area contributed by atoms with Crippen LogP contribution in [0.4, 0.5) is 5.69 Å². The van der Waals surface area contributed by atoms with Crippen molar-refractivity contribution in [3.05, 3.63) is 47.3 Å². The number of hydrogen-bond donors (Lipinski definition) is 0. The highest BCUT2D eigenvalue weighted by atomic mass is 32.2. The second kappa shape index (κ2) is 5.57. The van der Waals surface area contributed by atoms with E-state index in [9.17, 15) is 13.2 Å². The zero-order chi connectivity index (χ0) is 15.7. The molecule has 0 saturated heterocycles. The number of hydrogen-bond acceptors (Lipinski definition) is 5. The van der Waals surface area contributed by atoms with E-state index in [4.69, 9.17) is 4.52 Å². The number of carbonyl (C=O) groups is 1. The Balaban J connectivity index is 1.72. The summed E-state index contributed by atoms with van der Waals surface area (Å²) in [5, 5.41) is 3.65. The summed E-state index contributed by atoms with van der Waals surface area (Å²) in [7, 11) is -3.59. The van der Waals surface area contributed by atoms with Crippen LogP contribution in [0.5, 0.6) is 0 Å². The first-order valence-corrected chi connectivity index (χ1v) is 8.78. The average Bonchev–Trinajstić information content (AvgIpc) is 3.03. The maximum atomic E-state index is 12.3. The zero-order valence-electron chi connectivity index (χ0n) is 12.2. The van der Waals surface area contributed by atoms with E-state index in [1.807, 2.05) is 24.3 Å². The minimum absolute atomic E-state index is 0.257. The van der Waals surface area contributed by atoms with Gasteiger partial charge in [0.05, 0.1) is 5.69 Å².